The van der Waals surface area contributed by atoms with Crippen LogP contribution in [-0.2, 0) is 0 Å². The molecule has 0 saturated heterocycles. The van der Waals surface area contributed by atoms with Gasteiger partial charge in [-0.1, -0.05) is 0 Å². The summed E-state index contributed by atoms with van der Waals surface area (Å²) in [6, 6.07) is 3.99. The molecule has 0 heterocycles. The topological polar surface area (TPSA) is 83.6 Å². The van der Waals surface area contributed by atoms with Gasteiger partial charge < -0.3 is 15.4 Å². The lowest BCUT2D eigenvalue weighted by Crippen LogP contribution is -2.29. The zero-order chi connectivity index (χ0) is 13.2. The summed E-state index contributed by atoms with van der Waals surface area (Å²) in [6.07, 6.45) is 1.31. The normalized spacial score (nSPS) is 12.5. The van der Waals surface area contributed by atoms with Crippen LogP contribution in [0.2, 0.25) is 0 Å². The number of hydrogen-bond acceptors (Lipinski definition) is 3. The van der Waals surface area contributed by atoms with E-state index in [1.807, 2.05) is 0 Å². The summed E-state index contributed by atoms with van der Waals surface area (Å²) in [6.45, 7) is 5.26. The Balaban J connectivity index is 3.12. The Hall–Kier alpha value is -2.04. The molecule has 92 valence electrons. The second-order valence-electron chi connectivity index (χ2n) is 4.71. The van der Waals surface area contributed by atoms with Gasteiger partial charge in [-0.25, -0.2) is 9.53 Å². The Morgan fingerprint density at radius 1 is 1.41 bits per heavy atom. The molecule has 5 nitrogen and oxygen atoms in total. The fourth-order valence-corrected chi connectivity index (χ4v) is 1.14. The number of carbonyl (C=O) groups is 1. The third kappa shape index (κ3) is 3.21. The molecule has 17 heavy (non-hydrogen) atoms. The number of nitrogens with zero attached hydrogens (tertiary/aromatic N) is 1. The van der Waals surface area contributed by atoms with Crippen molar-refractivity contribution in [3.05, 3.63) is 34.5 Å². The van der Waals surface area contributed by atoms with Crippen molar-refractivity contribution >= 4 is 12.2 Å². The Morgan fingerprint density at radius 2 is 2.00 bits per heavy atom. The number of carboxylic acids is 1. The molecule has 0 unspecified atom stereocenters. The summed E-state index contributed by atoms with van der Waals surface area (Å²) in [5.74, 6) is -1.56. The van der Waals surface area contributed by atoms with Gasteiger partial charge in [-0.15, -0.1) is 0 Å². The summed E-state index contributed by atoms with van der Waals surface area (Å²) in [5.41, 5.74) is -0.311. The van der Waals surface area contributed by atoms with E-state index >= 15 is 0 Å². The zero-order valence-corrected chi connectivity index (χ0v) is 9.97. The summed E-state index contributed by atoms with van der Waals surface area (Å²) >= 11 is 0. The van der Waals surface area contributed by atoms with Gasteiger partial charge in [-0.3, -0.25) is 0 Å². The van der Waals surface area contributed by atoms with Crippen LogP contribution >= 0.6 is 0 Å². The molecule has 0 spiro atoms. The van der Waals surface area contributed by atoms with Gasteiger partial charge in [-0.05, 0) is 18.2 Å². The van der Waals surface area contributed by atoms with Crippen molar-refractivity contribution in [2.75, 3.05) is 0 Å². The number of phenols is 1. The Labute approximate surface area is 99.2 Å². The second-order valence-corrected chi connectivity index (χ2v) is 4.71. The van der Waals surface area contributed by atoms with Crippen LogP contribution in [0, 0.1) is 5.21 Å². The number of carboxylic acid groups (broad SMARTS) is 1. The zero-order valence-electron chi connectivity index (χ0n) is 9.97. The van der Waals surface area contributed by atoms with Gasteiger partial charge in [-0.2, -0.15) is 0 Å². The lowest BCUT2D eigenvalue weighted by Gasteiger charge is -2.18. The van der Waals surface area contributed by atoms with Crippen LogP contribution in [0.1, 0.15) is 36.7 Å². The first kappa shape index (κ1) is 13.0. The van der Waals surface area contributed by atoms with E-state index in [-0.39, 0.29) is 11.3 Å². The monoisotopic (exact) mass is 237 g/mol. The molecule has 0 aliphatic heterocycles. The molecule has 0 aliphatic rings. The first-order valence-electron chi connectivity index (χ1n) is 5.09. The predicted octanol–water partition coefficient (Wildman–Crippen LogP) is 1.82. The van der Waals surface area contributed by atoms with E-state index in [1.165, 1.54) is 24.4 Å². The molecule has 0 bridgehead atoms. The molecule has 0 fully saturated rings. The van der Waals surface area contributed by atoms with Gasteiger partial charge in [0.2, 0.25) is 0 Å². The van der Waals surface area contributed by atoms with Crippen molar-refractivity contribution in [1.82, 2.24) is 0 Å². The van der Waals surface area contributed by atoms with Gasteiger partial charge >= 0.3 is 5.97 Å². The van der Waals surface area contributed by atoms with Gasteiger partial charge in [0, 0.05) is 26.3 Å². The van der Waals surface area contributed by atoms with Crippen molar-refractivity contribution in [3.8, 4) is 5.75 Å². The molecule has 1 rings (SSSR count). The second kappa shape index (κ2) is 4.45. The molecule has 0 atom stereocenters. The van der Waals surface area contributed by atoms with Crippen molar-refractivity contribution in [2.24, 2.45) is 0 Å². The van der Waals surface area contributed by atoms with E-state index in [4.69, 9.17) is 5.11 Å². The molecule has 0 saturated carbocycles. The first-order chi connectivity index (χ1) is 7.71. The smallest absolute Gasteiger partial charge is 0.339 e. The Kier molecular flexibility index (Phi) is 3.41. The van der Waals surface area contributed by atoms with E-state index in [9.17, 15) is 15.1 Å². The number of benzene rings is 1. The highest BCUT2D eigenvalue weighted by Crippen LogP contribution is 2.18. The summed E-state index contributed by atoms with van der Waals surface area (Å²) in [5, 5.41) is 29.8. The number of aromatic carboxylic acids is 1. The van der Waals surface area contributed by atoms with E-state index in [0.717, 1.165) is 4.74 Å². The van der Waals surface area contributed by atoms with Crippen molar-refractivity contribution in [3.63, 3.8) is 0 Å². The minimum absolute atomic E-state index is 0.185. The maximum atomic E-state index is 11.6. The third-order valence-electron chi connectivity index (χ3n) is 2.18. The Morgan fingerprint density at radius 3 is 2.41 bits per heavy atom. The largest absolute Gasteiger partial charge is 0.623 e. The van der Waals surface area contributed by atoms with Crippen LogP contribution < -0.4 is 0 Å². The molecular formula is C12H15NO4. The van der Waals surface area contributed by atoms with E-state index in [2.05, 4.69) is 0 Å². The molecule has 1 aromatic rings. The molecule has 0 aromatic heterocycles. The lowest BCUT2D eigenvalue weighted by atomic mass is 10.1. The minimum atomic E-state index is -1.20. The van der Waals surface area contributed by atoms with Gasteiger partial charge in [0.05, 0.1) is 0 Å². The maximum absolute atomic E-state index is 11.6. The highest BCUT2D eigenvalue weighted by molar-refractivity contribution is 5.92. The summed E-state index contributed by atoms with van der Waals surface area (Å²) < 4.78 is 0.752. The number of hydroxylamine groups is 1. The van der Waals surface area contributed by atoms with E-state index in [1.54, 1.807) is 20.8 Å². The van der Waals surface area contributed by atoms with E-state index in [0.29, 0.717) is 5.56 Å². The van der Waals surface area contributed by atoms with Gasteiger partial charge in [0.25, 0.3) is 0 Å². The van der Waals surface area contributed by atoms with E-state index < -0.39 is 11.5 Å². The van der Waals surface area contributed by atoms with Crippen LogP contribution in [0.4, 0.5) is 0 Å². The fourth-order valence-electron chi connectivity index (χ4n) is 1.14. The lowest BCUT2D eigenvalue weighted by molar-refractivity contribution is -0.530. The average Bonchev–Trinajstić information content (AvgIpc) is 2.15. The van der Waals surface area contributed by atoms with Crippen LogP contribution in [0.25, 0.3) is 0 Å². The van der Waals surface area contributed by atoms with Gasteiger partial charge in [0.15, 0.2) is 11.8 Å². The molecule has 5 heteroatoms. The average molecular weight is 237 g/mol. The molecule has 0 amide bonds. The van der Waals surface area contributed by atoms with Crippen LogP contribution in [-0.4, -0.2) is 32.7 Å². The van der Waals surface area contributed by atoms with Gasteiger partial charge in [0.1, 0.15) is 11.3 Å². The number of aromatic hydroxyl groups is 1. The highest BCUT2D eigenvalue weighted by atomic mass is 16.5. The highest BCUT2D eigenvalue weighted by Gasteiger charge is 2.18. The molecule has 2 N–H and O–H groups in total. The van der Waals surface area contributed by atoms with Crippen LogP contribution in [0.15, 0.2) is 18.2 Å². The standard InChI is InChI=1S/C12H15NO4/c1-12(2,3)13(17)7-8-4-5-9(11(15)16)10(14)6-8/h4-7,14H,1-3H3,(H,15,16). The Bertz CT molecular complexity index is 472. The summed E-state index contributed by atoms with van der Waals surface area (Å²) in [4.78, 5) is 10.7. The molecular weight excluding hydrogens is 222 g/mol. The number of rotatable bonds is 2. The van der Waals surface area contributed by atoms with Crippen molar-refractivity contribution in [2.45, 2.75) is 26.3 Å². The quantitative estimate of drug-likeness (QED) is 0.355. The maximum Gasteiger partial charge on any atom is 0.339 e. The van der Waals surface area contributed by atoms with Crippen LogP contribution in [0.3, 0.4) is 0 Å². The van der Waals surface area contributed by atoms with Crippen molar-refractivity contribution < 1.29 is 19.7 Å². The van der Waals surface area contributed by atoms with Crippen molar-refractivity contribution in [1.29, 1.82) is 0 Å². The minimum Gasteiger partial charge on any atom is -0.623 e. The fraction of sp³-hybridized carbons (Fsp3) is 0.333. The summed E-state index contributed by atoms with van der Waals surface area (Å²) in [7, 11) is 0. The molecule has 1 aromatic carbocycles. The molecule has 0 aliphatic carbocycles. The number of hydrogen-bond donors (Lipinski definition) is 2. The molecule has 0 radical (unpaired) electrons. The first-order valence-corrected chi connectivity index (χ1v) is 5.09. The predicted molar refractivity (Wildman–Crippen MR) is 63.6 cm³/mol. The SMILES string of the molecule is CC(C)(C)[N+]([O-])=Cc1ccc(C(=O)O)c(O)c1. The third-order valence-corrected chi connectivity index (χ3v) is 2.18. The van der Waals surface area contributed by atoms with Crippen LogP contribution in [0.5, 0.6) is 5.75 Å².